The molecule has 2 nitrogen and oxygen atoms in total. The molecule has 0 saturated carbocycles. The molecule has 0 saturated heterocycles. The normalized spacial score (nSPS) is 20.2. The average Bonchev–Trinajstić information content (AvgIpc) is 2.80. The van der Waals surface area contributed by atoms with Crippen LogP contribution in [0.1, 0.15) is 23.1 Å². The van der Waals surface area contributed by atoms with Crippen LogP contribution in [0, 0.1) is 24.1 Å². The average molecular weight is 266 g/mol. The molecule has 2 aromatic rings. The van der Waals surface area contributed by atoms with Crippen LogP contribution in [0.2, 0.25) is 0 Å². The van der Waals surface area contributed by atoms with Crippen molar-refractivity contribution in [2.24, 2.45) is 0 Å². The van der Waals surface area contributed by atoms with Crippen molar-refractivity contribution in [1.82, 2.24) is 0 Å². The van der Waals surface area contributed by atoms with E-state index < -0.39 is 5.54 Å². The van der Waals surface area contributed by atoms with Gasteiger partial charge in [-0.3, -0.25) is 0 Å². The fourth-order valence-electron chi connectivity index (χ4n) is 2.82. The number of nitrogens with one attached hydrogen (secondary N) is 1. The highest BCUT2D eigenvalue weighted by Crippen LogP contribution is 2.39. The summed E-state index contributed by atoms with van der Waals surface area (Å²) in [6.07, 6.45) is 1.62. The van der Waals surface area contributed by atoms with Crippen LogP contribution < -0.4 is 5.32 Å². The maximum atomic E-state index is 13.0. The van der Waals surface area contributed by atoms with E-state index in [0.29, 0.717) is 0 Å². The van der Waals surface area contributed by atoms with Crippen molar-refractivity contribution in [3.8, 4) is 6.07 Å². The Bertz CT molecular complexity index is 685. The van der Waals surface area contributed by atoms with E-state index in [4.69, 9.17) is 0 Å². The standard InChI is InChI=1S/C17H15FN2/c1-12-2-3-13-8-9-17(11-19,16(13)10-12)20-15-6-4-14(18)5-7-15/h2-7,10,20H,8-9H2,1H3. The van der Waals surface area contributed by atoms with Gasteiger partial charge in [-0.1, -0.05) is 23.8 Å². The number of aryl methyl sites for hydroxylation is 2. The first-order valence-electron chi connectivity index (χ1n) is 6.68. The van der Waals surface area contributed by atoms with Crippen LogP contribution in [-0.4, -0.2) is 0 Å². The van der Waals surface area contributed by atoms with Gasteiger partial charge in [-0.15, -0.1) is 0 Å². The molecule has 0 heterocycles. The molecule has 20 heavy (non-hydrogen) atoms. The molecular weight excluding hydrogens is 251 g/mol. The molecule has 1 aliphatic carbocycles. The second kappa shape index (κ2) is 4.64. The SMILES string of the molecule is Cc1ccc2c(c1)C(C#N)(Nc1ccc(F)cc1)CC2. The molecule has 1 atom stereocenters. The number of halogens is 1. The van der Waals surface area contributed by atoms with E-state index in [1.807, 2.05) is 6.92 Å². The molecule has 0 amide bonds. The molecule has 3 rings (SSSR count). The molecule has 1 N–H and O–H groups in total. The van der Waals surface area contributed by atoms with Crippen molar-refractivity contribution in [1.29, 1.82) is 5.26 Å². The van der Waals surface area contributed by atoms with Crippen LogP contribution in [0.5, 0.6) is 0 Å². The summed E-state index contributed by atoms with van der Waals surface area (Å²) in [5, 5.41) is 13.0. The molecule has 0 aliphatic heterocycles. The monoisotopic (exact) mass is 266 g/mol. The first-order valence-corrected chi connectivity index (χ1v) is 6.68. The number of hydrogen-bond donors (Lipinski definition) is 1. The minimum absolute atomic E-state index is 0.274. The Balaban J connectivity index is 2.01. The largest absolute Gasteiger partial charge is 0.364 e. The van der Waals surface area contributed by atoms with Crippen LogP contribution in [0.4, 0.5) is 10.1 Å². The lowest BCUT2D eigenvalue weighted by atomic mass is 9.92. The zero-order valence-corrected chi connectivity index (χ0v) is 11.3. The summed E-state index contributed by atoms with van der Waals surface area (Å²) in [6.45, 7) is 2.03. The van der Waals surface area contributed by atoms with Crippen LogP contribution in [0.3, 0.4) is 0 Å². The highest BCUT2D eigenvalue weighted by molar-refractivity contribution is 5.55. The Kier molecular flexibility index (Phi) is 2.94. The maximum Gasteiger partial charge on any atom is 0.151 e. The van der Waals surface area contributed by atoms with E-state index in [1.54, 1.807) is 12.1 Å². The van der Waals surface area contributed by atoms with Crippen molar-refractivity contribution in [3.05, 3.63) is 65.0 Å². The van der Waals surface area contributed by atoms with Gasteiger partial charge in [-0.2, -0.15) is 5.26 Å². The first-order chi connectivity index (χ1) is 9.63. The smallest absolute Gasteiger partial charge is 0.151 e. The van der Waals surface area contributed by atoms with E-state index >= 15 is 0 Å². The highest BCUT2D eigenvalue weighted by atomic mass is 19.1. The van der Waals surface area contributed by atoms with Crippen molar-refractivity contribution < 1.29 is 4.39 Å². The number of nitriles is 1. The third-order valence-electron chi connectivity index (χ3n) is 3.89. The van der Waals surface area contributed by atoms with Crippen molar-refractivity contribution >= 4 is 5.69 Å². The minimum Gasteiger partial charge on any atom is -0.364 e. The van der Waals surface area contributed by atoms with Gasteiger partial charge in [-0.05, 0) is 55.2 Å². The lowest BCUT2D eigenvalue weighted by Crippen LogP contribution is -2.31. The zero-order chi connectivity index (χ0) is 14.2. The van der Waals surface area contributed by atoms with Crippen LogP contribution in [0.15, 0.2) is 42.5 Å². The summed E-state index contributed by atoms with van der Waals surface area (Å²) in [5.74, 6) is -0.274. The van der Waals surface area contributed by atoms with E-state index in [1.165, 1.54) is 17.7 Å². The molecule has 1 unspecified atom stereocenters. The molecule has 0 radical (unpaired) electrons. The van der Waals surface area contributed by atoms with Crippen molar-refractivity contribution in [3.63, 3.8) is 0 Å². The number of hydrogen-bond acceptors (Lipinski definition) is 2. The maximum absolute atomic E-state index is 13.0. The number of benzene rings is 2. The number of nitrogens with zero attached hydrogens (tertiary/aromatic N) is 1. The molecule has 2 aromatic carbocycles. The summed E-state index contributed by atoms with van der Waals surface area (Å²) in [7, 11) is 0. The van der Waals surface area contributed by atoms with Crippen LogP contribution in [-0.2, 0) is 12.0 Å². The third-order valence-corrected chi connectivity index (χ3v) is 3.89. The minimum atomic E-state index is -0.709. The summed E-state index contributed by atoms with van der Waals surface area (Å²) in [5.41, 5.74) is 3.46. The Morgan fingerprint density at radius 2 is 1.95 bits per heavy atom. The topological polar surface area (TPSA) is 35.8 Å². The van der Waals surface area contributed by atoms with Gasteiger partial charge in [0.05, 0.1) is 6.07 Å². The summed E-state index contributed by atoms with van der Waals surface area (Å²) >= 11 is 0. The van der Waals surface area contributed by atoms with Gasteiger partial charge in [0.15, 0.2) is 5.54 Å². The molecule has 1 aliphatic rings. The van der Waals surface area contributed by atoms with Gasteiger partial charge < -0.3 is 5.32 Å². The van der Waals surface area contributed by atoms with E-state index in [0.717, 1.165) is 29.7 Å². The fourth-order valence-corrected chi connectivity index (χ4v) is 2.82. The predicted molar refractivity (Wildman–Crippen MR) is 76.8 cm³/mol. The van der Waals surface area contributed by atoms with Crippen molar-refractivity contribution in [2.45, 2.75) is 25.3 Å². The van der Waals surface area contributed by atoms with E-state index in [2.05, 4.69) is 29.6 Å². The Morgan fingerprint density at radius 3 is 2.65 bits per heavy atom. The van der Waals surface area contributed by atoms with Crippen LogP contribution >= 0.6 is 0 Å². The molecule has 0 spiro atoms. The van der Waals surface area contributed by atoms with E-state index in [9.17, 15) is 9.65 Å². The summed E-state index contributed by atoms with van der Waals surface area (Å²) < 4.78 is 13.0. The predicted octanol–water partition coefficient (Wildman–Crippen LogP) is 3.91. The second-order valence-electron chi connectivity index (χ2n) is 5.31. The summed E-state index contributed by atoms with van der Waals surface area (Å²) in [6, 6.07) is 14.8. The molecule has 100 valence electrons. The van der Waals surface area contributed by atoms with Gasteiger partial charge >= 0.3 is 0 Å². The Hall–Kier alpha value is -2.34. The molecule has 0 aromatic heterocycles. The lowest BCUT2D eigenvalue weighted by Gasteiger charge is -2.25. The second-order valence-corrected chi connectivity index (χ2v) is 5.31. The van der Waals surface area contributed by atoms with Crippen molar-refractivity contribution in [2.75, 3.05) is 5.32 Å². The molecule has 0 bridgehead atoms. The van der Waals surface area contributed by atoms with Gasteiger partial charge in [-0.25, -0.2) is 4.39 Å². The lowest BCUT2D eigenvalue weighted by molar-refractivity contribution is 0.616. The number of fused-ring (bicyclic) bond motifs is 1. The summed E-state index contributed by atoms with van der Waals surface area (Å²) in [4.78, 5) is 0. The van der Waals surface area contributed by atoms with Gasteiger partial charge in [0.2, 0.25) is 0 Å². The molecular formula is C17H15FN2. The number of anilines is 1. The fraction of sp³-hybridized carbons (Fsp3) is 0.235. The van der Waals surface area contributed by atoms with Gasteiger partial charge in [0, 0.05) is 5.69 Å². The third kappa shape index (κ3) is 2.04. The van der Waals surface area contributed by atoms with Crippen LogP contribution in [0.25, 0.3) is 0 Å². The first kappa shape index (κ1) is 12.7. The molecule has 3 heteroatoms. The van der Waals surface area contributed by atoms with Gasteiger partial charge in [0.25, 0.3) is 0 Å². The van der Waals surface area contributed by atoms with E-state index in [-0.39, 0.29) is 5.82 Å². The highest BCUT2D eigenvalue weighted by Gasteiger charge is 2.39. The quantitative estimate of drug-likeness (QED) is 0.894. The Labute approximate surface area is 117 Å². The Morgan fingerprint density at radius 1 is 1.20 bits per heavy atom. The zero-order valence-electron chi connectivity index (χ0n) is 11.3. The van der Waals surface area contributed by atoms with Gasteiger partial charge in [0.1, 0.15) is 5.82 Å². The number of rotatable bonds is 2. The molecule has 0 fully saturated rings.